The smallest absolute Gasteiger partial charge is 0.167 e. The average Bonchev–Trinajstić information content (AvgIpc) is 3.05. The van der Waals surface area contributed by atoms with Gasteiger partial charge in [-0.25, -0.2) is 9.07 Å². The van der Waals surface area contributed by atoms with Crippen LogP contribution in [-0.4, -0.2) is 34.3 Å². The molecule has 3 aromatic rings. The molecule has 3 rings (SSSR count). The second kappa shape index (κ2) is 6.67. The molecular weight excluding hydrogens is 313 g/mol. The Morgan fingerprint density at radius 1 is 1.08 bits per heavy atom. The highest BCUT2D eigenvalue weighted by Gasteiger charge is 2.17. The summed E-state index contributed by atoms with van der Waals surface area (Å²) < 4.78 is 25.6. The van der Waals surface area contributed by atoms with Crippen LogP contribution in [0.3, 0.4) is 0 Å². The highest BCUT2D eigenvalue weighted by Crippen LogP contribution is 2.28. The summed E-state index contributed by atoms with van der Waals surface area (Å²) in [5.41, 5.74) is 2.24. The monoisotopic (exact) mass is 329 g/mol. The van der Waals surface area contributed by atoms with E-state index in [1.54, 1.807) is 25.3 Å². The molecule has 0 saturated carbocycles. The van der Waals surface area contributed by atoms with Crippen molar-refractivity contribution >= 4 is 0 Å². The number of nitrogens with zero attached hydrogens (tertiary/aromatic N) is 3. The fourth-order valence-corrected chi connectivity index (χ4v) is 2.43. The number of aliphatic hydroxyl groups excluding tert-OH is 1. The zero-order chi connectivity index (χ0) is 17.1. The number of methoxy groups -OCH3 is 2. The topological polar surface area (TPSA) is 69.4 Å². The van der Waals surface area contributed by atoms with Crippen molar-refractivity contribution in [3.8, 4) is 28.4 Å². The van der Waals surface area contributed by atoms with Gasteiger partial charge in [-0.2, -0.15) is 0 Å². The molecular formula is C17H16FN3O3. The minimum atomic E-state index is -0.503. The van der Waals surface area contributed by atoms with Crippen LogP contribution in [0.5, 0.6) is 11.5 Å². The largest absolute Gasteiger partial charge is 0.497 e. The lowest BCUT2D eigenvalue weighted by molar-refractivity contribution is 0.277. The molecule has 0 radical (unpaired) electrons. The Bertz CT molecular complexity index is 847. The molecule has 0 spiro atoms. The van der Waals surface area contributed by atoms with Crippen LogP contribution < -0.4 is 9.47 Å². The van der Waals surface area contributed by atoms with Gasteiger partial charge in [0.1, 0.15) is 17.1 Å². The van der Waals surface area contributed by atoms with Crippen LogP contribution in [0.2, 0.25) is 0 Å². The number of rotatable bonds is 5. The number of benzene rings is 2. The van der Waals surface area contributed by atoms with Gasteiger partial charge in [-0.3, -0.25) is 0 Å². The van der Waals surface area contributed by atoms with Crippen LogP contribution in [0.1, 0.15) is 5.69 Å². The maximum Gasteiger partial charge on any atom is 0.167 e. The first-order valence-corrected chi connectivity index (χ1v) is 7.21. The fraction of sp³-hybridized carbons (Fsp3) is 0.176. The van der Waals surface area contributed by atoms with Gasteiger partial charge < -0.3 is 14.6 Å². The molecule has 0 atom stereocenters. The van der Waals surface area contributed by atoms with Crippen LogP contribution >= 0.6 is 0 Å². The second-order valence-corrected chi connectivity index (χ2v) is 5.00. The van der Waals surface area contributed by atoms with Crippen molar-refractivity contribution in [2.75, 3.05) is 14.2 Å². The fourth-order valence-electron chi connectivity index (χ4n) is 2.43. The number of halogens is 1. The van der Waals surface area contributed by atoms with Crippen molar-refractivity contribution in [1.82, 2.24) is 15.0 Å². The molecule has 6 nitrogen and oxygen atoms in total. The first kappa shape index (κ1) is 15.9. The summed E-state index contributed by atoms with van der Waals surface area (Å²) in [6, 6.07) is 11.7. The quantitative estimate of drug-likeness (QED) is 0.779. The standard InChI is InChI=1S/C17H16FN3O3/c1-23-13-6-3-11(4-7-13)17-15(10-22)19-20-21(17)12-5-8-16(24-2)14(18)9-12/h3-9,22H,10H2,1-2H3. The third kappa shape index (κ3) is 2.81. The minimum absolute atomic E-state index is 0.146. The van der Waals surface area contributed by atoms with E-state index < -0.39 is 5.82 Å². The maximum absolute atomic E-state index is 14.0. The molecule has 0 aliphatic rings. The van der Waals surface area contributed by atoms with Gasteiger partial charge >= 0.3 is 0 Å². The van der Waals surface area contributed by atoms with Crippen LogP contribution in [-0.2, 0) is 6.61 Å². The van der Waals surface area contributed by atoms with Gasteiger partial charge in [0.15, 0.2) is 11.6 Å². The summed E-state index contributed by atoms with van der Waals surface area (Å²) in [5, 5.41) is 17.6. The molecule has 1 N–H and O–H groups in total. The Hall–Kier alpha value is -2.93. The summed E-state index contributed by atoms with van der Waals surface area (Å²) in [6.07, 6.45) is 0. The van der Waals surface area contributed by atoms with Crippen LogP contribution in [0.25, 0.3) is 16.9 Å². The van der Waals surface area contributed by atoms with E-state index >= 15 is 0 Å². The molecule has 0 unspecified atom stereocenters. The van der Waals surface area contributed by atoms with E-state index in [1.807, 2.05) is 12.1 Å². The Balaban J connectivity index is 2.12. The van der Waals surface area contributed by atoms with Crippen LogP contribution in [0, 0.1) is 5.82 Å². The van der Waals surface area contributed by atoms with Gasteiger partial charge in [-0.05, 0) is 36.4 Å². The number of ether oxygens (including phenoxy) is 2. The summed E-state index contributed by atoms with van der Waals surface area (Å²) in [6.45, 7) is -0.278. The van der Waals surface area contributed by atoms with E-state index in [9.17, 15) is 9.50 Å². The van der Waals surface area contributed by atoms with Crippen LogP contribution in [0.4, 0.5) is 4.39 Å². The first-order chi connectivity index (χ1) is 11.7. The first-order valence-electron chi connectivity index (χ1n) is 7.21. The predicted octanol–water partition coefficient (Wildman–Crippen LogP) is 2.58. The summed E-state index contributed by atoms with van der Waals surface area (Å²) in [4.78, 5) is 0. The molecule has 7 heteroatoms. The van der Waals surface area contributed by atoms with Gasteiger partial charge in [0, 0.05) is 11.6 Å². The Morgan fingerprint density at radius 3 is 2.42 bits per heavy atom. The highest BCUT2D eigenvalue weighted by molar-refractivity contribution is 5.65. The molecule has 1 aromatic heterocycles. The number of aliphatic hydroxyl groups is 1. The molecule has 0 amide bonds. The Morgan fingerprint density at radius 2 is 1.83 bits per heavy atom. The van der Waals surface area contributed by atoms with Crippen molar-refractivity contribution in [2.24, 2.45) is 0 Å². The average molecular weight is 329 g/mol. The SMILES string of the molecule is COc1ccc(-c2c(CO)nnn2-c2ccc(OC)c(F)c2)cc1. The molecule has 0 fully saturated rings. The van der Waals surface area contributed by atoms with Crippen molar-refractivity contribution in [3.63, 3.8) is 0 Å². The molecule has 0 saturated heterocycles. The zero-order valence-electron chi connectivity index (χ0n) is 13.2. The molecule has 0 aliphatic carbocycles. The van der Waals surface area contributed by atoms with Gasteiger partial charge in [0.25, 0.3) is 0 Å². The zero-order valence-corrected chi connectivity index (χ0v) is 13.2. The van der Waals surface area contributed by atoms with Crippen molar-refractivity contribution in [3.05, 3.63) is 54.0 Å². The summed E-state index contributed by atoms with van der Waals surface area (Å²) in [5.74, 6) is 0.350. The minimum Gasteiger partial charge on any atom is -0.497 e. The van der Waals surface area contributed by atoms with Gasteiger partial charge in [-0.15, -0.1) is 5.10 Å². The third-order valence-corrected chi connectivity index (χ3v) is 3.63. The maximum atomic E-state index is 14.0. The Kier molecular flexibility index (Phi) is 4.43. The lowest BCUT2D eigenvalue weighted by Gasteiger charge is -2.10. The second-order valence-electron chi connectivity index (χ2n) is 5.00. The predicted molar refractivity (Wildman–Crippen MR) is 85.8 cm³/mol. The lowest BCUT2D eigenvalue weighted by atomic mass is 10.1. The van der Waals surface area contributed by atoms with Gasteiger partial charge in [-0.1, -0.05) is 5.21 Å². The van der Waals surface area contributed by atoms with Crippen LogP contribution in [0.15, 0.2) is 42.5 Å². The Labute approximate surface area is 138 Å². The van der Waals surface area contributed by atoms with E-state index in [4.69, 9.17) is 9.47 Å². The highest BCUT2D eigenvalue weighted by atomic mass is 19.1. The number of hydrogen-bond donors (Lipinski definition) is 1. The van der Waals surface area contributed by atoms with Gasteiger partial charge in [0.2, 0.25) is 0 Å². The summed E-state index contributed by atoms with van der Waals surface area (Å²) >= 11 is 0. The van der Waals surface area contributed by atoms with E-state index in [0.717, 1.165) is 5.56 Å². The van der Waals surface area contributed by atoms with Crippen molar-refractivity contribution in [1.29, 1.82) is 0 Å². The molecule has 24 heavy (non-hydrogen) atoms. The number of hydrogen-bond acceptors (Lipinski definition) is 5. The molecule has 1 heterocycles. The molecule has 0 aliphatic heterocycles. The van der Waals surface area contributed by atoms with Crippen molar-refractivity contribution in [2.45, 2.75) is 6.61 Å². The molecule has 0 bridgehead atoms. The van der Waals surface area contributed by atoms with Gasteiger partial charge in [0.05, 0.1) is 26.5 Å². The summed E-state index contributed by atoms with van der Waals surface area (Å²) in [7, 11) is 2.99. The third-order valence-electron chi connectivity index (χ3n) is 3.63. The normalized spacial score (nSPS) is 10.7. The molecule has 2 aromatic carbocycles. The lowest BCUT2D eigenvalue weighted by Crippen LogP contribution is -2.01. The van der Waals surface area contributed by atoms with E-state index in [-0.39, 0.29) is 12.4 Å². The van der Waals surface area contributed by atoms with Crippen molar-refractivity contribution < 1.29 is 19.0 Å². The van der Waals surface area contributed by atoms with E-state index in [1.165, 1.54) is 23.9 Å². The molecule has 124 valence electrons. The number of aromatic nitrogens is 3. The van der Waals surface area contributed by atoms with E-state index in [0.29, 0.717) is 22.8 Å². The van der Waals surface area contributed by atoms with E-state index in [2.05, 4.69) is 10.3 Å².